The number of carbonyl (C=O) groups excluding carboxylic acids is 1. The smallest absolute Gasteiger partial charge is 0.136 e. The first-order valence-electron chi connectivity index (χ1n) is 4.05. The molecule has 1 heteroatoms. The maximum absolute atomic E-state index is 11.2. The number of fused-ring (bicyclic) bond motifs is 3. The molecule has 2 atom stereocenters. The summed E-state index contributed by atoms with van der Waals surface area (Å²) < 4.78 is 0. The average Bonchev–Trinajstić information content (AvgIpc) is 2.20. The van der Waals surface area contributed by atoms with E-state index in [1.807, 2.05) is 0 Å². The van der Waals surface area contributed by atoms with Crippen molar-refractivity contribution in [3.8, 4) is 0 Å². The van der Waals surface area contributed by atoms with E-state index in [0.717, 1.165) is 19.3 Å². The van der Waals surface area contributed by atoms with E-state index in [1.165, 1.54) is 6.42 Å². The first-order valence-corrected chi connectivity index (χ1v) is 4.05. The fourth-order valence-electron chi connectivity index (χ4n) is 1.95. The molecule has 54 valence electrons. The number of rotatable bonds is 0. The van der Waals surface area contributed by atoms with Gasteiger partial charge in [-0.05, 0) is 25.2 Å². The van der Waals surface area contributed by atoms with Crippen LogP contribution in [0.2, 0.25) is 0 Å². The molecule has 10 heavy (non-hydrogen) atoms. The van der Waals surface area contributed by atoms with Crippen molar-refractivity contribution in [1.82, 2.24) is 0 Å². The van der Waals surface area contributed by atoms with Gasteiger partial charge in [0.2, 0.25) is 0 Å². The highest BCUT2D eigenvalue weighted by atomic mass is 16.1. The maximum Gasteiger partial charge on any atom is 0.136 e. The molecule has 0 spiro atoms. The standard InChI is InChI=1S/C9H12O/c10-9-6-7-2-1-3-8(9)5-4-7/h1-2,7-8H,3-6H2. The molecule has 0 amide bonds. The SMILES string of the molecule is O=C1CC2C=CCC1CC2. The highest BCUT2D eigenvalue weighted by Crippen LogP contribution is 2.32. The third kappa shape index (κ3) is 0.898. The molecule has 0 radical (unpaired) electrons. The molecule has 2 unspecified atom stereocenters. The van der Waals surface area contributed by atoms with Crippen LogP contribution in [0.3, 0.4) is 0 Å². The molecule has 0 aromatic heterocycles. The summed E-state index contributed by atoms with van der Waals surface area (Å²) >= 11 is 0. The topological polar surface area (TPSA) is 17.1 Å². The Kier molecular flexibility index (Phi) is 1.37. The lowest BCUT2D eigenvalue weighted by atomic mass is 9.83. The summed E-state index contributed by atoms with van der Waals surface area (Å²) in [6, 6.07) is 0. The van der Waals surface area contributed by atoms with Crippen molar-refractivity contribution in [3.63, 3.8) is 0 Å². The lowest BCUT2D eigenvalue weighted by Gasteiger charge is -2.20. The molecule has 3 aliphatic rings. The Morgan fingerprint density at radius 3 is 3.10 bits per heavy atom. The van der Waals surface area contributed by atoms with Gasteiger partial charge in [0.25, 0.3) is 0 Å². The molecule has 0 N–H and O–H groups in total. The molecule has 1 fully saturated rings. The van der Waals surface area contributed by atoms with Gasteiger partial charge in [-0.3, -0.25) is 4.79 Å². The summed E-state index contributed by atoms with van der Waals surface area (Å²) in [5.74, 6) is 1.47. The van der Waals surface area contributed by atoms with Crippen LogP contribution in [0.15, 0.2) is 12.2 Å². The fraction of sp³-hybridized carbons (Fsp3) is 0.667. The molecule has 2 bridgehead atoms. The minimum Gasteiger partial charge on any atom is -0.299 e. The summed E-state index contributed by atoms with van der Waals surface area (Å²) in [5.41, 5.74) is 0. The van der Waals surface area contributed by atoms with Gasteiger partial charge in [-0.15, -0.1) is 0 Å². The average molecular weight is 136 g/mol. The van der Waals surface area contributed by atoms with E-state index >= 15 is 0 Å². The lowest BCUT2D eigenvalue weighted by Crippen LogP contribution is -2.21. The Bertz CT molecular complexity index is 181. The maximum atomic E-state index is 11.2. The quantitative estimate of drug-likeness (QED) is 0.465. The summed E-state index contributed by atoms with van der Waals surface area (Å²) in [5, 5.41) is 0. The van der Waals surface area contributed by atoms with E-state index in [1.54, 1.807) is 0 Å². The van der Waals surface area contributed by atoms with E-state index in [2.05, 4.69) is 12.2 Å². The minimum atomic E-state index is 0.384. The molecule has 1 nitrogen and oxygen atoms in total. The van der Waals surface area contributed by atoms with Gasteiger partial charge in [0, 0.05) is 12.3 Å². The van der Waals surface area contributed by atoms with Gasteiger partial charge in [0.05, 0.1) is 0 Å². The third-order valence-corrected chi connectivity index (χ3v) is 2.63. The van der Waals surface area contributed by atoms with Gasteiger partial charge in [-0.2, -0.15) is 0 Å². The molecule has 3 aliphatic carbocycles. The van der Waals surface area contributed by atoms with Crippen LogP contribution in [0.1, 0.15) is 25.7 Å². The minimum absolute atomic E-state index is 0.384. The molecule has 0 heterocycles. The summed E-state index contributed by atoms with van der Waals surface area (Å²) in [6.07, 6.45) is 8.62. The Hall–Kier alpha value is -0.590. The highest BCUT2D eigenvalue weighted by Gasteiger charge is 2.28. The second-order valence-corrected chi connectivity index (χ2v) is 3.37. The molecule has 0 aromatic rings. The van der Waals surface area contributed by atoms with Crippen molar-refractivity contribution in [2.75, 3.05) is 0 Å². The third-order valence-electron chi connectivity index (χ3n) is 2.63. The van der Waals surface area contributed by atoms with Crippen LogP contribution in [-0.4, -0.2) is 5.78 Å². The van der Waals surface area contributed by atoms with E-state index in [-0.39, 0.29) is 0 Å². The molecule has 0 aliphatic heterocycles. The Balaban J connectivity index is 2.23. The van der Waals surface area contributed by atoms with Crippen LogP contribution in [0.25, 0.3) is 0 Å². The Morgan fingerprint density at radius 2 is 2.30 bits per heavy atom. The predicted molar refractivity (Wildman–Crippen MR) is 39.6 cm³/mol. The lowest BCUT2D eigenvalue weighted by molar-refractivity contribution is -0.125. The second kappa shape index (κ2) is 2.22. The normalized spacial score (nSPS) is 38.2. The van der Waals surface area contributed by atoms with E-state index in [4.69, 9.17) is 0 Å². The van der Waals surface area contributed by atoms with E-state index < -0.39 is 0 Å². The van der Waals surface area contributed by atoms with Gasteiger partial charge in [0.1, 0.15) is 5.78 Å². The van der Waals surface area contributed by atoms with Crippen LogP contribution in [-0.2, 0) is 4.79 Å². The number of hydrogen-bond acceptors (Lipinski definition) is 1. The van der Waals surface area contributed by atoms with Gasteiger partial charge in [-0.1, -0.05) is 12.2 Å². The van der Waals surface area contributed by atoms with Gasteiger partial charge < -0.3 is 0 Å². The predicted octanol–water partition coefficient (Wildman–Crippen LogP) is 1.93. The molecule has 0 saturated heterocycles. The van der Waals surface area contributed by atoms with Crippen molar-refractivity contribution in [2.45, 2.75) is 25.7 Å². The van der Waals surface area contributed by atoms with Crippen molar-refractivity contribution in [2.24, 2.45) is 11.8 Å². The first kappa shape index (κ1) is 6.14. The van der Waals surface area contributed by atoms with Gasteiger partial charge in [-0.25, -0.2) is 0 Å². The van der Waals surface area contributed by atoms with Crippen molar-refractivity contribution >= 4 is 5.78 Å². The molecule has 1 saturated carbocycles. The fourth-order valence-corrected chi connectivity index (χ4v) is 1.95. The zero-order valence-electron chi connectivity index (χ0n) is 6.05. The zero-order valence-corrected chi connectivity index (χ0v) is 6.05. The molecular formula is C9H12O. The summed E-state index contributed by atoms with van der Waals surface area (Å²) in [7, 11) is 0. The van der Waals surface area contributed by atoms with Crippen LogP contribution in [0.4, 0.5) is 0 Å². The number of ketones is 1. The molecule has 3 rings (SSSR count). The molecular weight excluding hydrogens is 124 g/mol. The number of allylic oxidation sites excluding steroid dienone is 2. The summed E-state index contributed by atoms with van der Waals surface area (Å²) in [4.78, 5) is 11.2. The van der Waals surface area contributed by atoms with E-state index in [9.17, 15) is 4.79 Å². The van der Waals surface area contributed by atoms with Crippen LogP contribution < -0.4 is 0 Å². The van der Waals surface area contributed by atoms with Gasteiger partial charge >= 0.3 is 0 Å². The zero-order chi connectivity index (χ0) is 6.97. The van der Waals surface area contributed by atoms with Gasteiger partial charge in [0.15, 0.2) is 0 Å². The molecule has 0 aromatic carbocycles. The first-order chi connectivity index (χ1) is 4.86. The van der Waals surface area contributed by atoms with Crippen molar-refractivity contribution < 1.29 is 4.79 Å². The second-order valence-electron chi connectivity index (χ2n) is 3.37. The van der Waals surface area contributed by atoms with Crippen molar-refractivity contribution in [3.05, 3.63) is 12.2 Å². The number of Topliss-reactive ketones (excluding diaryl/α,β-unsaturated/α-hetero) is 1. The Morgan fingerprint density at radius 1 is 1.40 bits per heavy atom. The highest BCUT2D eigenvalue weighted by molar-refractivity contribution is 5.82. The number of carbonyl (C=O) groups is 1. The van der Waals surface area contributed by atoms with E-state index in [0.29, 0.717) is 17.6 Å². The summed E-state index contributed by atoms with van der Waals surface area (Å²) in [6.45, 7) is 0. The van der Waals surface area contributed by atoms with Crippen LogP contribution in [0.5, 0.6) is 0 Å². The Labute approximate surface area is 61.1 Å². The van der Waals surface area contributed by atoms with Crippen LogP contribution in [0, 0.1) is 11.8 Å². The largest absolute Gasteiger partial charge is 0.299 e. The van der Waals surface area contributed by atoms with Crippen LogP contribution >= 0.6 is 0 Å². The van der Waals surface area contributed by atoms with Crippen molar-refractivity contribution in [1.29, 1.82) is 0 Å². The number of hydrogen-bond donors (Lipinski definition) is 0. The monoisotopic (exact) mass is 136 g/mol.